The molecule has 1 amide bonds. The number of nitro benzene ring substituents is 1. The average Bonchev–Trinajstić information content (AvgIpc) is 2.59. The number of alkyl halides is 3. The second kappa shape index (κ2) is 8.24. The van der Waals surface area contributed by atoms with Crippen LogP contribution in [0.15, 0.2) is 18.2 Å². The van der Waals surface area contributed by atoms with E-state index < -0.39 is 29.0 Å². The zero-order valence-electron chi connectivity index (χ0n) is 14.1. The molecule has 1 aliphatic carbocycles. The Morgan fingerprint density at radius 3 is 2.73 bits per heavy atom. The number of nitrogens with zero attached hydrogens (tertiary/aromatic N) is 1. The summed E-state index contributed by atoms with van der Waals surface area (Å²) in [6.07, 6.45) is -3.40. The number of methoxy groups -OCH3 is 1. The number of carbonyl (C=O) groups excluding carboxylic acids is 1. The van der Waals surface area contributed by atoms with Gasteiger partial charge in [0.05, 0.1) is 30.2 Å². The largest absolute Gasteiger partial charge is 0.495 e. The normalized spacial score (nSPS) is 20.3. The van der Waals surface area contributed by atoms with Crippen molar-refractivity contribution in [3.05, 3.63) is 28.3 Å². The summed E-state index contributed by atoms with van der Waals surface area (Å²) in [5, 5.41) is 16.1. The summed E-state index contributed by atoms with van der Waals surface area (Å²) >= 11 is 0. The van der Waals surface area contributed by atoms with Gasteiger partial charge >= 0.3 is 6.18 Å². The predicted molar refractivity (Wildman–Crippen MR) is 88.1 cm³/mol. The summed E-state index contributed by atoms with van der Waals surface area (Å²) in [5.74, 6) is -1.56. The van der Waals surface area contributed by atoms with Crippen LogP contribution in [0.3, 0.4) is 0 Å². The van der Waals surface area contributed by atoms with Crippen LogP contribution in [-0.2, 0) is 4.79 Å². The highest BCUT2D eigenvalue weighted by Crippen LogP contribution is 2.37. The number of carbonyl (C=O) groups is 1. The monoisotopic (exact) mass is 375 g/mol. The van der Waals surface area contributed by atoms with E-state index in [2.05, 4.69) is 10.6 Å². The van der Waals surface area contributed by atoms with E-state index in [-0.39, 0.29) is 30.8 Å². The molecule has 2 atom stereocenters. The van der Waals surface area contributed by atoms with E-state index >= 15 is 0 Å². The van der Waals surface area contributed by atoms with Gasteiger partial charge in [-0.3, -0.25) is 14.9 Å². The van der Waals surface area contributed by atoms with E-state index in [1.165, 1.54) is 25.3 Å². The molecule has 144 valence electrons. The van der Waals surface area contributed by atoms with Crippen LogP contribution in [0.4, 0.5) is 24.5 Å². The standard InChI is InChI=1S/C16H20F3N3O4/c1-26-14-6-5-12(22(24)25)8-13(14)20-9-15(23)21-11-4-2-3-10(7-11)16(17,18)19/h5-6,8,10-11,20H,2-4,7,9H2,1H3,(H,21,23)/t10-,11-/m0/s1. The molecule has 10 heteroatoms. The fraction of sp³-hybridized carbons (Fsp3) is 0.562. The summed E-state index contributed by atoms with van der Waals surface area (Å²) in [4.78, 5) is 22.3. The number of benzene rings is 1. The quantitative estimate of drug-likeness (QED) is 0.588. The lowest BCUT2D eigenvalue weighted by atomic mass is 9.85. The molecule has 0 spiro atoms. The van der Waals surface area contributed by atoms with Crippen molar-refractivity contribution >= 4 is 17.3 Å². The molecular formula is C16H20F3N3O4. The zero-order valence-corrected chi connectivity index (χ0v) is 14.1. The summed E-state index contributed by atoms with van der Waals surface area (Å²) in [6, 6.07) is 3.36. The van der Waals surface area contributed by atoms with Crippen LogP contribution < -0.4 is 15.4 Å². The minimum Gasteiger partial charge on any atom is -0.495 e. The molecule has 0 unspecified atom stereocenters. The van der Waals surface area contributed by atoms with Crippen LogP contribution in [0.25, 0.3) is 0 Å². The number of hydrogen-bond acceptors (Lipinski definition) is 5. The molecule has 2 rings (SSSR count). The lowest BCUT2D eigenvalue weighted by molar-refractivity contribution is -0.384. The molecule has 1 aliphatic rings. The number of halogens is 3. The highest BCUT2D eigenvalue weighted by atomic mass is 19.4. The molecule has 26 heavy (non-hydrogen) atoms. The number of hydrogen-bond donors (Lipinski definition) is 2. The Bertz CT molecular complexity index is 667. The Labute approximate surface area is 148 Å². The number of rotatable bonds is 6. The van der Waals surface area contributed by atoms with Crippen LogP contribution in [0.5, 0.6) is 5.75 Å². The molecule has 0 radical (unpaired) electrons. The van der Waals surface area contributed by atoms with Crippen LogP contribution in [0.2, 0.25) is 0 Å². The third-order valence-electron chi connectivity index (χ3n) is 4.34. The fourth-order valence-corrected chi connectivity index (χ4v) is 3.02. The van der Waals surface area contributed by atoms with Gasteiger partial charge in [0.1, 0.15) is 5.75 Å². The molecule has 2 N–H and O–H groups in total. The van der Waals surface area contributed by atoms with Gasteiger partial charge in [0.2, 0.25) is 5.91 Å². The molecule has 0 bridgehead atoms. The maximum absolute atomic E-state index is 12.8. The van der Waals surface area contributed by atoms with Crippen molar-refractivity contribution in [1.29, 1.82) is 0 Å². The maximum atomic E-state index is 12.8. The average molecular weight is 375 g/mol. The Kier molecular flexibility index (Phi) is 6.27. The van der Waals surface area contributed by atoms with Crippen molar-refractivity contribution in [2.24, 2.45) is 5.92 Å². The van der Waals surface area contributed by atoms with E-state index in [0.717, 1.165) is 0 Å². The van der Waals surface area contributed by atoms with Crippen LogP contribution in [0.1, 0.15) is 25.7 Å². The van der Waals surface area contributed by atoms with Crippen molar-refractivity contribution in [2.75, 3.05) is 19.0 Å². The first-order chi connectivity index (χ1) is 12.2. The molecule has 0 aliphatic heterocycles. The molecule has 1 aromatic carbocycles. The summed E-state index contributed by atoms with van der Waals surface area (Å²) in [6.45, 7) is -0.231. The predicted octanol–water partition coefficient (Wildman–Crippen LogP) is 3.25. The number of non-ortho nitro benzene ring substituents is 1. The Morgan fingerprint density at radius 1 is 1.38 bits per heavy atom. The van der Waals surface area contributed by atoms with Gasteiger partial charge in [0.15, 0.2) is 0 Å². The van der Waals surface area contributed by atoms with Crippen molar-refractivity contribution in [2.45, 2.75) is 37.9 Å². The third-order valence-corrected chi connectivity index (χ3v) is 4.34. The van der Waals surface area contributed by atoms with Gasteiger partial charge in [-0.15, -0.1) is 0 Å². The molecule has 1 saturated carbocycles. The van der Waals surface area contributed by atoms with Gasteiger partial charge in [-0.1, -0.05) is 6.42 Å². The minimum atomic E-state index is -4.25. The Balaban J connectivity index is 1.92. The van der Waals surface area contributed by atoms with Crippen LogP contribution in [-0.4, -0.2) is 36.7 Å². The Hall–Kier alpha value is -2.52. The van der Waals surface area contributed by atoms with Gasteiger partial charge in [0, 0.05) is 18.2 Å². The Morgan fingerprint density at radius 2 is 2.12 bits per heavy atom. The van der Waals surface area contributed by atoms with E-state index in [1.54, 1.807) is 0 Å². The maximum Gasteiger partial charge on any atom is 0.391 e. The molecule has 0 heterocycles. The van der Waals surface area contributed by atoms with Crippen molar-refractivity contribution in [1.82, 2.24) is 5.32 Å². The third kappa shape index (κ3) is 5.24. The van der Waals surface area contributed by atoms with Crippen molar-refractivity contribution < 1.29 is 27.6 Å². The number of nitrogens with one attached hydrogen (secondary N) is 2. The summed E-state index contributed by atoms with van der Waals surface area (Å²) in [5.41, 5.74) is 0.0858. The zero-order chi connectivity index (χ0) is 19.3. The molecular weight excluding hydrogens is 355 g/mol. The number of nitro groups is 1. The lowest BCUT2D eigenvalue weighted by Crippen LogP contribution is -2.43. The lowest BCUT2D eigenvalue weighted by Gasteiger charge is -2.31. The number of ether oxygens (including phenoxy) is 1. The number of anilines is 1. The van der Waals surface area contributed by atoms with Gasteiger partial charge in [-0.2, -0.15) is 13.2 Å². The van der Waals surface area contributed by atoms with E-state index in [9.17, 15) is 28.1 Å². The fourth-order valence-electron chi connectivity index (χ4n) is 3.02. The van der Waals surface area contributed by atoms with E-state index in [0.29, 0.717) is 18.6 Å². The first-order valence-electron chi connectivity index (χ1n) is 8.13. The van der Waals surface area contributed by atoms with Gasteiger partial charge in [0.25, 0.3) is 5.69 Å². The molecule has 0 aromatic heterocycles. The number of amides is 1. The summed E-state index contributed by atoms with van der Waals surface area (Å²) < 4.78 is 43.5. The smallest absolute Gasteiger partial charge is 0.391 e. The molecule has 7 nitrogen and oxygen atoms in total. The summed E-state index contributed by atoms with van der Waals surface area (Å²) in [7, 11) is 1.38. The highest BCUT2D eigenvalue weighted by Gasteiger charge is 2.42. The highest BCUT2D eigenvalue weighted by molar-refractivity contribution is 5.81. The SMILES string of the molecule is COc1ccc([N+](=O)[O-])cc1NCC(=O)N[C@H]1CCC[C@H](C(F)(F)F)C1. The minimum absolute atomic E-state index is 0.0823. The molecule has 1 aromatic rings. The van der Waals surface area contributed by atoms with E-state index in [1.807, 2.05) is 0 Å². The second-order valence-electron chi connectivity index (χ2n) is 6.16. The van der Waals surface area contributed by atoms with Crippen molar-refractivity contribution in [3.63, 3.8) is 0 Å². The van der Waals surface area contributed by atoms with Crippen LogP contribution >= 0.6 is 0 Å². The van der Waals surface area contributed by atoms with Gasteiger partial charge in [-0.05, 0) is 25.3 Å². The van der Waals surface area contributed by atoms with Crippen molar-refractivity contribution in [3.8, 4) is 5.75 Å². The van der Waals surface area contributed by atoms with Gasteiger partial charge in [-0.25, -0.2) is 0 Å². The van der Waals surface area contributed by atoms with Gasteiger partial charge < -0.3 is 15.4 Å². The topological polar surface area (TPSA) is 93.5 Å². The first kappa shape index (κ1) is 19.8. The van der Waals surface area contributed by atoms with E-state index in [4.69, 9.17) is 4.74 Å². The first-order valence-corrected chi connectivity index (χ1v) is 8.13. The second-order valence-corrected chi connectivity index (χ2v) is 6.16. The van der Waals surface area contributed by atoms with Crippen LogP contribution in [0, 0.1) is 16.0 Å². The molecule has 1 fully saturated rings. The molecule has 0 saturated heterocycles.